The Labute approximate surface area is 78.2 Å². The molecule has 0 heterocycles. The Balaban J connectivity index is 3.09. The predicted molar refractivity (Wildman–Crippen MR) is 52.9 cm³/mol. The van der Waals surface area contributed by atoms with E-state index in [1.165, 1.54) is 5.56 Å². The fraction of sp³-hybridized carbons (Fsp3) is 0.300. The number of carbonyl (C=O) groups is 1. The molecule has 1 nitrogen and oxygen atoms in total. The van der Waals surface area contributed by atoms with Crippen molar-refractivity contribution in [2.24, 2.45) is 0 Å². The van der Waals surface area contributed by atoms with Crippen molar-refractivity contribution in [1.82, 2.24) is 0 Å². The molecule has 0 aliphatic carbocycles. The number of rotatable bonds is 2. The van der Waals surface area contributed by atoms with E-state index in [1.807, 2.05) is 32.0 Å². The second-order valence-corrected chi connectivity index (χ2v) is 3.47. The summed E-state index contributed by atoms with van der Waals surface area (Å²) in [5.41, 5.74) is 2.17. The van der Waals surface area contributed by atoms with Crippen LogP contribution in [0.25, 0.3) is 0 Å². The number of aldehydes is 1. The minimum absolute atomic E-state index is 0.0573. The van der Waals surface area contributed by atoms with Crippen molar-refractivity contribution < 1.29 is 4.79 Å². The molecule has 0 fully saturated rings. The zero-order valence-electron chi connectivity index (χ0n) is 7.24. The van der Waals surface area contributed by atoms with E-state index in [0.717, 1.165) is 16.7 Å². The lowest BCUT2D eigenvalue weighted by molar-refractivity contribution is -0.108. The van der Waals surface area contributed by atoms with Gasteiger partial charge < -0.3 is 4.79 Å². The van der Waals surface area contributed by atoms with Crippen LogP contribution in [0.3, 0.4) is 0 Å². The van der Waals surface area contributed by atoms with E-state index in [4.69, 9.17) is 0 Å². The second-order valence-electron chi connectivity index (χ2n) is 2.99. The second kappa shape index (κ2) is 3.76. The van der Waals surface area contributed by atoms with Crippen LogP contribution in [0.15, 0.2) is 23.1 Å². The molecule has 2 heteroatoms. The van der Waals surface area contributed by atoms with Crippen molar-refractivity contribution in [3.05, 3.63) is 29.3 Å². The van der Waals surface area contributed by atoms with Crippen molar-refractivity contribution in [3.8, 4) is 0 Å². The van der Waals surface area contributed by atoms with Gasteiger partial charge in [-0.1, -0.05) is 24.6 Å². The minimum Gasteiger partial charge on any atom is -0.303 e. The Hall–Kier alpha value is -0.760. The minimum atomic E-state index is -0.0573. The molecule has 12 heavy (non-hydrogen) atoms. The van der Waals surface area contributed by atoms with Crippen LogP contribution in [0.1, 0.15) is 24.0 Å². The fourth-order valence-corrected chi connectivity index (χ4v) is 1.59. The number of hydrogen-bond acceptors (Lipinski definition) is 2. The van der Waals surface area contributed by atoms with Gasteiger partial charge in [0, 0.05) is 10.8 Å². The van der Waals surface area contributed by atoms with Gasteiger partial charge >= 0.3 is 0 Å². The molecule has 1 aromatic rings. The Morgan fingerprint density at radius 3 is 2.67 bits per heavy atom. The molecule has 0 saturated heterocycles. The van der Waals surface area contributed by atoms with Crippen molar-refractivity contribution in [3.63, 3.8) is 0 Å². The molecule has 0 radical (unpaired) electrons. The van der Waals surface area contributed by atoms with Gasteiger partial charge in [-0.3, -0.25) is 0 Å². The summed E-state index contributed by atoms with van der Waals surface area (Å²) >= 11 is 4.30. The Kier molecular flexibility index (Phi) is 2.93. The van der Waals surface area contributed by atoms with Crippen LogP contribution >= 0.6 is 12.6 Å². The summed E-state index contributed by atoms with van der Waals surface area (Å²) in [6.07, 6.45) is 0.935. The normalized spacial score (nSPS) is 12.6. The highest BCUT2D eigenvalue weighted by Gasteiger charge is 2.06. The van der Waals surface area contributed by atoms with Gasteiger partial charge in [0.2, 0.25) is 0 Å². The molecular weight excluding hydrogens is 168 g/mol. The van der Waals surface area contributed by atoms with E-state index in [9.17, 15) is 4.79 Å². The van der Waals surface area contributed by atoms with E-state index in [-0.39, 0.29) is 5.92 Å². The molecule has 0 spiro atoms. The number of aryl methyl sites for hydroxylation is 1. The monoisotopic (exact) mass is 180 g/mol. The topological polar surface area (TPSA) is 17.1 Å². The van der Waals surface area contributed by atoms with Crippen LogP contribution < -0.4 is 0 Å². The van der Waals surface area contributed by atoms with Gasteiger partial charge in [-0.25, -0.2) is 0 Å². The highest BCUT2D eigenvalue weighted by Crippen LogP contribution is 2.22. The van der Waals surface area contributed by atoms with Gasteiger partial charge in [0.15, 0.2) is 0 Å². The summed E-state index contributed by atoms with van der Waals surface area (Å²) < 4.78 is 0. The molecule has 0 aliphatic rings. The van der Waals surface area contributed by atoms with Crippen molar-refractivity contribution >= 4 is 18.9 Å². The Morgan fingerprint density at radius 1 is 1.50 bits per heavy atom. The molecular formula is C10H12OS. The lowest BCUT2D eigenvalue weighted by Gasteiger charge is -2.07. The van der Waals surface area contributed by atoms with Crippen LogP contribution in [-0.2, 0) is 4.79 Å². The van der Waals surface area contributed by atoms with Gasteiger partial charge in [0.05, 0.1) is 0 Å². The molecule has 0 N–H and O–H groups in total. The molecule has 0 aromatic heterocycles. The lowest BCUT2D eigenvalue weighted by Crippen LogP contribution is -1.95. The molecule has 1 aromatic carbocycles. The average Bonchev–Trinajstić information content (AvgIpc) is 2.03. The quantitative estimate of drug-likeness (QED) is 0.547. The molecule has 0 amide bonds. The third-order valence-corrected chi connectivity index (χ3v) is 2.27. The molecule has 0 saturated carbocycles. The number of hydrogen-bond donors (Lipinski definition) is 1. The van der Waals surface area contributed by atoms with Crippen LogP contribution in [0.5, 0.6) is 0 Å². The molecule has 64 valence electrons. The Morgan fingerprint density at radius 2 is 2.17 bits per heavy atom. The van der Waals surface area contributed by atoms with E-state index >= 15 is 0 Å². The number of thiol groups is 1. The Bertz CT molecular complexity index is 294. The van der Waals surface area contributed by atoms with Crippen LogP contribution in [-0.4, -0.2) is 6.29 Å². The van der Waals surface area contributed by atoms with Crippen LogP contribution in [0.2, 0.25) is 0 Å². The first-order chi connectivity index (χ1) is 5.65. The van der Waals surface area contributed by atoms with E-state index in [2.05, 4.69) is 12.6 Å². The maximum Gasteiger partial charge on any atom is 0.127 e. The van der Waals surface area contributed by atoms with E-state index in [1.54, 1.807) is 0 Å². The summed E-state index contributed by atoms with van der Waals surface area (Å²) in [6.45, 7) is 3.88. The molecule has 1 atom stereocenters. The first-order valence-electron chi connectivity index (χ1n) is 3.90. The van der Waals surface area contributed by atoms with Crippen LogP contribution in [0.4, 0.5) is 0 Å². The smallest absolute Gasteiger partial charge is 0.127 e. The zero-order valence-corrected chi connectivity index (χ0v) is 8.14. The lowest BCUT2D eigenvalue weighted by atomic mass is 10.0. The van der Waals surface area contributed by atoms with Gasteiger partial charge in [0.1, 0.15) is 6.29 Å². The average molecular weight is 180 g/mol. The summed E-state index contributed by atoms with van der Waals surface area (Å²) in [5.74, 6) is -0.0573. The number of carbonyl (C=O) groups excluding carboxylic acids is 1. The van der Waals surface area contributed by atoms with Crippen LogP contribution in [0, 0.1) is 6.92 Å². The first kappa shape index (κ1) is 9.33. The number of benzene rings is 1. The molecule has 0 bridgehead atoms. The first-order valence-corrected chi connectivity index (χ1v) is 4.34. The zero-order chi connectivity index (χ0) is 9.14. The standard InChI is InChI=1S/C10H12OS/c1-7-3-4-9(8(2)6-11)10(12)5-7/h3-6,8,12H,1-2H3. The van der Waals surface area contributed by atoms with Crippen molar-refractivity contribution in [2.45, 2.75) is 24.7 Å². The maximum absolute atomic E-state index is 10.5. The predicted octanol–water partition coefficient (Wildman–Crippen LogP) is 2.59. The van der Waals surface area contributed by atoms with Crippen molar-refractivity contribution in [2.75, 3.05) is 0 Å². The van der Waals surface area contributed by atoms with Gasteiger partial charge in [-0.05, 0) is 18.6 Å². The van der Waals surface area contributed by atoms with Gasteiger partial charge in [0.25, 0.3) is 0 Å². The van der Waals surface area contributed by atoms with E-state index in [0.29, 0.717) is 0 Å². The third kappa shape index (κ3) is 1.89. The van der Waals surface area contributed by atoms with Crippen molar-refractivity contribution in [1.29, 1.82) is 0 Å². The fourth-order valence-electron chi connectivity index (χ4n) is 1.11. The largest absolute Gasteiger partial charge is 0.303 e. The summed E-state index contributed by atoms with van der Waals surface area (Å²) in [4.78, 5) is 11.4. The maximum atomic E-state index is 10.5. The summed E-state index contributed by atoms with van der Waals surface area (Å²) in [7, 11) is 0. The summed E-state index contributed by atoms with van der Waals surface area (Å²) in [5, 5.41) is 0. The summed E-state index contributed by atoms with van der Waals surface area (Å²) in [6, 6.07) is 5.92. The van der Waals surface area contributed by atoms with Gasteiger partial charge in [-0.15, -0.1) is 12.6 Å². The molecule has 1 unspecified atom stereocenters. The van der Waals surface area contributed by atoms with Gasteiger partial charge in [-0.2, -0.15) is 0 Å². The molecule has 0 aliphatic heterocycles. The SMILES string of the molecule is Cc1ccc(C(C)C=O)c(S)c1. The third-order valence-electron chi connectivity index (χ3n) is 1.88. The van der Waals surface area contributed by atoms with E-state index < -0.39 is 0 Å². The molecule has 1 rings (SSSR count). The highest BCUT2D eigenvalue weighted by atomic mass is 32.1. The highest BCUT2D eigenvalue weighted by molar-refractivity contribution is 7.80.